The molecule has 0 aromatic carbocycles. The van der Waals surface area contributed by atoms with Crippen LogP contribution in [0.2, 0.25) is 0 Å². The van der Waals surface area contributed by atoms with E-state index in [4.69, 9.17) is 5.73 Å². The summed E-state index contributed by atoms with van der Waals surface area (Å²) in [7, 11) is 0. The van der Waals surface area contributed by atoms with E-state index in [2.05, 4.69) is 21.2 Å². The van der Waals surface area contributed by atoms with Gasteiger partial charge in [-0.3, -0.25) is 4.79 Å². The number of carbonyl (C=O) groups excluding carboxylic acids is 1. The van der Waals surface area contributed by atoms with E-state index in [0.29, 0.717) is 13.0 Å². The maximum Gasteiger partial charge on any atom is 0.222 e. The van der Waals surface area contributed by atoms with E-state index >= 15 is 0 Å². The Morgan fingerprint density at radius 3 is 2.90 bits per heavy atom. The van der Waals surface area contributed by atoms with Crippen LogP contribution in [0.1, 0.15) is 32.0 Å². The Hall–Kier alpha value is -1.21. The van der Waals surface area contributed by atoms with Crippen LogP contribution in [-0.4, -0.2) is 52.9 Å². The topological polar surface area (TPSA) is 75.4 Å². The summed E-state index contributed by atoms with van der Waals surface area (Å²) < 4.78 is 4.33. The number of aryl methyl sites for hydroxylation is 1. The van der Waals surface area contributed by atoms with Gasteiger partial charge in [0, 0.05) is 50.6 Å². The van der Waals surface area contributed by atoms with Gasteiger partial charge in [-0.15, -0.1) is 0 Å². The number of rotatable bonds is 5. The van der Waals surface area contributed by atoms with Crippen LogP contribution in [0.4, 0.5) is 5.13 Å². The largest absolute Gasteiger partial charge is 0.345 e. The first-order valence-electron chi connectivity index (χ1n) is 7.30. The summed E-state index contributed by atoms with van der Waals surface area (Å²) in [4.78, 5) is 20.8. The Balaban J connectivity index is 1.90. The number of amides is 1. The molecule has 20 heavy (non-hydrogen) atoms. The highest BCUT2D eigenvalue weighted by atomic mass is 32.1. The van der Waals surface area contributed by atoms with Crippen LogP contribution in [0.5, 0.6) is 0 Å². The molecule has 2 heterocycles. The van der Waals surface area contributed by atoms with Crippen LogP contribution in [0.3, 0.4) is 0 Å². The molecule has 1 aliphatic rings. The van der Waals surface area contributed by atoms with E-state index in [1.54, 1.807) is 0 Å². The molecule has 0 saturated carbocycles. The lowest BCUT2D eigenvalue weighted by molar-refractivity contribution is -0.131. The zero-order chi connectivity index (χ0) is 14.4. The highest BCUT2D eigenvalue weighted by Gasteiger charge is 2.20. The summed E-state index contributed by atoms with van der Waals surface area (Å²) in [6, 6.07) is 0. The molecule has 2 rings (SSSR count). The van der Waals surface area contributed by atoms with Crippen molar-refractivity contribution in [2.75, 3.05) is 37.6 Å². The lowest BCUT2D eigenvalue weighted by atomic mass is 10.2. The van der Waals surface area contributed by atoms with Crippen molar-refractivity contribution in [1.82, 2.24) is 14.3 Å². The van der Waals surface area contributed by atoms with Gasteiger partial charge in [0.05, 0.1) is 0 Å². The molecule has 0 spiro atoms. The van der Waals surface area contributed by atoms with Crippen LogP contribution < -0.4 is 10.6 Å². The molecule has 0 atom stereocenters. The molecule has 7 heteroatoms. The third kappa shape index (κ3) is 3.89. The molecule has 0 radical (unpaired) electrons. The molecule has 1 saturated heterocycles. The Kier molecular flexibility index (Phi) is 5.72. The van der Waals surface area contributed by atoms with Crippen molar-refractivity contribution < 1.29 is 4.79 Å². The molecule has 1 fully saturated rings. The summed E-state index contributed by atoms with van der Waals surface area (Å²) in [5, 5.41) is 0.984. The van der Waals surface area contributed by atoms with Crippen molar-refractivity contribution in [3.63, 3.8) is 0 Å². The lowest BCUT2D eigenvalue weighted by Crippen LogP contribution is -2.35. The summed E-state index contributed by atoms with van der Waals surface area (Å²) in [6.45, 7) is 6.03. The summed E-state index contributed by atoms with van der Waals surface area (Å²) in [5.41, 5.74) is 5.46. The van der Waals surface area contributed by atoms with Crippen molar-refractivity contribution in [3.05, 3.63) is 5.82 Å². The minimum atomic E-state index is 0.226. The van der Waals surface area contributed by atoms with Crippen molar-refractivity contribution in [3.8, 4) is 0 Å². The van der Waals surface area contributed by atoms with Gasteiger partial charge in [-0.1, -0.05) is 6.92 Å². The molecule has 0 bridgehead atoms. The quantitative estimate of drug-likeness (QED) is 0.873. The van der Waals surface area contributed by atoms with E-state index in [-0.39, 0.29) is 5.91 Å². The molecule has 0 unspecified atom stereocenters. The maximum atomic E-state index is 12.0. The van der Waals surface area contributed by atoms with Crippen LogP contribution in [0.25, 0.3) is 0 Å². The molecule has 1 aromatic heterocycles. The molecular formula is C13H23N5OS. The molecule has 6 nitrogen and oxygen atoms in total. The average Bonchev–Trinajstić information content (AvgIpc) is 2.81. The average molecular weight is 297 g/mol. The van der Waals surface area contributed by atoms with Crippen LogP contribution in [-0.2, 0) is 11.2 Å². The predicted octanol–water partition coefficient (Wildman–Crippen LogP) is 0.878. The molecule has 112 valence electrons. The fourth-order valence-electron chi connectivity index (χ4n) is 2.29. The molecule has 1 aromatic rings. The number of nitrogens with zero attached hydrogens (tertiary/aromatic N) is 4. The first-order valence-corrected chi connectivity index (χ1v) is 8.07. The number of nitrogens with two attached hydrogens (primary N) is 1. The highest BCUT2D eigenvalue weighted by Crippen LogP contribution is 2.19. The third-order valence-electron chi connectivity index (χ3n) is 3.49. The van der Waals surface area contributed by atoms with E-state index in [1.165, 1.54) is 11.5 Å². The Morgan fingerprint density at radius 1 is 1.35 bits per heavy atom. The highest BCUT2D eigenvalue weighted by molar-refractivity contribution is 7.09. The zero-order valence-electron chi connectivity index (χ0n) is 12.0. The fourth-order valence-corrected chi connectivity index (χ4v) is 3.09. The van der Waals surface area contributed by atoms with E-state index in [1.807, 2.05) is 4.90 Å². The van der Waals surface area contributed by atoms with Gasteiger partial charge in [-0.2, -0.15) is 4.37 Å². The van der Waals surface area contributed by atoms with Crippen molar-refractivity contribution in [1.29, 1.82) is 0 Å². The second-order valence-corrected chi connectivity index (χ2v) is 5.69. The minimum absolute atomic E-state index is 0.226. The molecule has 2 N–H and O–H groups in total. The summed E-state index contributed by atoms with van der Waals surface area (Å²) >= 11 is 1.46. The minimum Gasteiger partial charge on any atom is -0.345 e. The Labute approximate surface area is 124 Å². The number of carbonyl (C=O) groups is 1. The van der Waals surface area contributed by atoms with Crippen LogP contribution >= 0.6 is 11.5 Å². The van der Waals surface area contributed by atoms with E-state index < -0.39 is 0 Å². The van der Waals surface area contributed by atoms with Gasteiger partial charge >= 0.3 is 0 Å². The molecule has 1 amide bonds. The zero-order valence-corrected chi connectivity index (χ0v) is 12.9. The number of aromatic nitrogens is 2. The number of hydrogen-bond donors (Lipinski definition) is 1. The van der Waals surface area contributed by atoms with Crippen molar-refractivity contribution in [2.24, 2.45) is 5.73 Å². The first kappa shape index (κ1) is 15.2. The lowest BCUT2D eigenvalue weighted by Gasteiger charge is -2.21. The van der Waals surface area contributed by atoms with Gasteiger partial charge in [0.25, 0.3) is 0 Å². The van der Waals surface area contributed by atoms with Crippen molar-refractivity contribution >= 4 is 22.6 Å². The van der Waals surface area contributed by atoms with Gasteiger partial charge in [0.2, 0.25) is 11.0 Å². The smallest absolute Gasteiger partial charge is 0.222 e. The normalized spacial score (nSPS) is 16.3. The van der Waals surface area contributed by atoms with Crippen molar-refractivity contribution in [2.45, 2.75) is 32.6 Å². The summed E-state index contributed by atoms with van der Waals surface area (Å²) in [5.74, 6) is 1.13. The maximum absolute atomic E-state index is 12.0. The predicted molar refractivity (Wildman–Crippen MR) is 81.0 cm³/mol. The fraction of sp³-hybridized carbons (Fsp3) is 0.769. The monoisotopic (exact) mass is 297 g/mol. The second-order valence-electron chi connectivity index (χ2n) is 4.96. The second kappa shape index (κ2) is 7.54. The Bertz CT molecular complexity index is 436. The molecule has 1 aliphatic heterocycles. The molecule has 0 aliphatic carbocycles. The van der Waals surface area contributed by atoms with Gasteiger partial charge in [-0.25, -0.2) is 4.98 Å². The van der Waals surface area contributed by atoms with Gasteiger partial charge < -0.3 is 15.5 Å². The SMILES string of the molecule is CCc1nsc(N2CCCN(C(=O)CCCN)CC2)n1. The van der Waals surface area contributed by atoms with Gasteiger partial charge in [-0.05, 0) is 19.4 Å². The van der Waals surface area contributed by atoms with Gasteiger partial charge in [0.1, 0.15) is 5.82 Å². The Morgan fingerprint density at radius 2 is 2.20 bits per heavy atom. The van der Waals surface area contributed by atoms with E-state index in [9.17, 15) is 4.79 Å². The third-order valence-corrected chi connectivity index (χ3v) is 4.30. The molecular weight excluding hydrogens is 274 g/mol. The number of anilines is 1. The van der Waals surface area contributed by atoms with Crippen LogP contribution in [0, 0.1) is 0 Å². The van der Waals surface area contributed by atoms with E-state index in [0.717, 1.165) is 56.4 Å². The first-order chi connectivity index (χ1) is 9.74. The standard InChI is InChI=1S/C13H23N5OS/c1-2-11-15-13(20-16-11)18-8-4-7-17(9-10-18)12(19)5-3-6-14/h2-10,14H2,1H3. The van der Waals surface area contributed by atoms with Crippen LogP contribution in [0.15, 0.2) is 0 Å². The number of hydrogen-bond acceptors (Lipinski definition) is 6. The van der Waals surface area contributed by atoms with Gasteiger partial charge in [0.15, 0.2) is 0 Å². The summed E-state index contributed by atoms with van der Waals surface area (Å²) in [6.07, 6.45) is 3.19.